The van der Waals surface area contributed by atoms with Gasteiger partial charge in [0.1, 0.15) is 6.17 Å². The van der Waals surface area contributed by atoms with E-state index in [2.05, 4.69) is 5.32 Å². The number of carbonyl (C=O) groups excluding carboxylic acids is 5. The molecule has 2 aromatic carbocycles. The summed E-state index contributed by atoms with van der Waals surface area (Å²) < 4.78 is 30.0. The predicted octanol–water partition coefficient (Wildman–Crippen LogP) is 3.14. The molecule has 3 rings (SSSR count). The number of nitrogens with one attached hydrogen (secondary N) is 1. The van der Waals surface area contributed by atoms with Crippen LogP contribution in [0.4, 0.5) is 29.7 Å². The molecule has 1 fully saturated rings. The number of hydrogen-bond acceptors (Lipinski definition) is 13. The number of amides is 4. The number of benzene rings is 2. The summed E-state index contributed by atoms with van der Waals surface area (Å²) in [6.45, 7) is 3.99. The zero-order chi connectivity index (χ0) is 32.6. The maximum atomic E-state index is 13.9. The van der Waals surface area contributed by atoms with Crippen LogP contribution in [0.2, 0.25) is 0 Å². The zero-order valence-electron chi connectivity index (χ0n) is 24.1. The minimum absolute atomic E-state index is 0.135. The standard InChI is InChI=1S/C27H30N4O13/c1-5-39-24(36)42-17-13-15(14-18(43-25(37)40-6-2)19(17)44-26(38)41-7-3)27(29-22(33)34)20(28)31(16-11-9-8-10-12-16)23(35)30(4)21(27)32/h8-14,20,29H,5-7,28H2,1-4H3,(H,33,34). The van der Waals surface area contributed by atoms with Crippen LogP contribution in [-0.4, -0.2) is 79.5 Å². The second-order valence-corrected chi connectivity index (χ2v) is 8.69. The van der Waals surface area contributed by atoms with Crippen molar-refractivity contribution < 1.29 is 62.3 Å². The average Bonchev–Trinajstić information content (AvgIpc) is 2.96. The molecule has 0 bridgehead atoms. The van der Waals surface area contributed by atoms with Crippen molar-refractivity contribution in [2.24, 2.45) is 5.73 Å². The van der Waals surface area contributed by atoms with E-state index < -0.39 is 71.0 Å². The first kappa shape index (κ1) is 32.9. The maximum absolute atomic E-state index is 13.9. The van der Waals surface area contributed by atoms with Crippen LogP contribution in [0.25, 0.3) is 0 Å². The number of carboxylic acid groups (broad SMARTS) is 1. The van der Waals surface area contributed by atoms with Gasteiger partial charge in [-0.3, -0.25) is 14.6 Å². The first-order valence-corrected chi connectivity index (χ1v) is 13.1. The van der Waals surface area contributed by atoms with Crippen LogP contribution >= 0.6 is 0 Å². The van der Waals surface area contributed by atoms with Gasteiger partial charge in [0.2, 0.25) is 5.75 Å². The first-order chi connectivity index (χ1) is 20.9. The fraction of sp³-hybridized carbons (Fsp3) is 0.333. The molecule has 17 heteroatoms. The highest BCUT2D eigenvalue weighted by Crippen LogP contribution is 2.45. The summed E-state index contributed by atoms with van der Waals surface area (Å²) in [6, 6.07) is 8.74. The minimum Gasteiger partial charge on any atom is -0.465 e. The molecule has 0 saturated carbocycles. The Morgan fingerprint density at radius 2 is 1.34 bits per heavy atom. The van der Waals surface area contributed by atoms with Gasteiger partial charge in [-0.1, -0.05) is 18.2 Å². The fourth-order valence-corrected chi connectivity index (χ4v) is 4.24. The van der Waals surface area contributed by atoms with Crippen molar-refractivity contribution in [1.29, 1.82) is 0 Å². The van der Waals surface area contributed by atoms with Gasteiger partial charge in [0, 0.05) is 12.7 Å². The smallest absolute Gasteiger partial charge is 0.465 e. The number of anilines is 1. The number of imide groups is 1. The summed E-state index contributed by atoms with van der Waals surface area (Å²) in [7, 11) is 1.09. The molecule has 2 aromatic rings. The monoisotopic (exact) mass is 618 g/mol. The van der Waals surface area contributed by atoms with Crippen molar-refractivity contribution in [3.8, 4) is 17.2 Å². The summed E-state index contributed by atoms with van der Waals surface area (Å²) in [6.07, 6.45) is -7.50. The molecule has 1 heterocycles. The van der Waals surface area contributed by atoms with Crippen LogP contribution in [0.3, 0.4) is 0 Å². The third kappa shape index (κ3) is 6.73. The highest BCUT2D eigenvalue weighted by molar-refractivity contribution is 6.11. The maximum Gasteiger partial charge on any atom is 0.514 e. The molecule has 0 aliphatic carbocycles. The van der Waals surface area contributed by atoms with E-state index in [0.717, 1.165) is 24.1 Å². The van der Waals surface area contributed by atoms with Gasteiger partial charge in [0.15, 0.2) is 17.0 Å². The van der Waals surface area contributed by atoms with E-state index in [9.17, 15) is 33.9 Å². The van der Waals surface area contributed by atoms with E-state index in [0.29, 0.717) is 4.90 Å². The van der Waals surface area contributed by atoms with Gasteiger partial charge in [-0.2, -0.15) is 0 Å². The Hall–Kier alpha value is -5.58. The third-order valence-electron chi connectivity index (χ3n) is 6.03. The molecule has 236 valence electrons. The molecule has 1 aliphatic heterocycles. The molecule has 44 heavy (non-hydrogen) atoms. The number of ether oxygens (including phenoxy) is 6. The van der Waals surface area contributed by atoms with Gasteiger partial charge in [-0.15, -0.1) is 0 Å². The van der Waals surface area contributed by atoms with Crippen LogP contribution in [0, 0.1) is 0 Å². The SMILES string of the molecule is CCOC(=O)Oc1cc(C2(NC(=O)O)C(=O)N(C)C(=O)N(c3ccccc3)C2N)cc(OC(=O)OCC)c1OC(=O)OCC. The van der Waals surface area contributed by atoms with Crippen molar-refractivity contribution in [2.45, 2.75) is 32.5 Å². The number of nitrogens with two attached hydrogens (primary N) is 1. The lowest BCUT2D eigenvalue weighted by Crippen LogP contribution is -2.76. The van der Waals surface area contributed by atoms with Crippen LogP contribution in [0.15, 0.2) is 42.5 Å². The van der Waals surface area contributed by atoms with Crippen LogP contribution < -0.4 is 30.2 Å². The minimum atomic E-state index is -2.55. The Bertz CT molecular complexity index is 1390. The fourth-order valence-electron chi connectivity index (χ4n) is 4.24. The van der Waals surface area contributed by atoms with E-state index in [-0.39, 0.29) is 25.5 Å². The number of hydrogen-bond donors (Lipinski definition) is 3. The Labute approximate surface area is 250 Å². The van der Waals surface area contributed by atoms with Crippen molar-refractivity contribution in [2.75, 3.05) is 31.8 Å². The average molecular weight is 619 g/mol. The Morgan fingerprint density at radius 1 is 0.864 bits per heavy atom. The topological polar surface area (TPSA) is 223 Å². The lowest BCUT2D eigenvalue weighted by Gasteiger charge is -2.49. The number of nitrogens with zero attached hydrogens (tertiary/aromatic N) is 2. The Morgan fingerprint density at radius 3 is 1.80 bits per heavy atom. The Kier molecular flexibility index (Phi) is 10.5. The van der Waals surface area contributed by atoms with E-state index in [4.69, 9.17) is 34.2 Å². The quantitative estimate of drug-likeness (QED) is 0.209. The normalized spacial score (nSPS) is 17.8. The summed E-state index contributed by atoms with van der Waals surface area (Å²) in [4.78, 5) is 78.1. The number of para-hydroxylation sites is 1. The molecule has 0 aromatic heterocycles. The van der Waals surface area contributed by atoms with Gasteiger partial charge in [-0.25, -0.2) is 24.0 Å². The molecule has 1 aliphatic rings. The summed E-state index contributed by atoms with van der Waals surface area (Å²) in [5.74, 6) is -3.25. The zero-order valence-corrected chi connectivity index (χ0v) is 24.1. The molecule has 4 amide bonds. The number of likely N-dealkylation sites (N-methyl/N-ethyl adjacent to an activating group) is 1. The molecule has 0 radical (unpaired) electrons. The molecule has 17 nitrogen and oxygen atoms in total. The van der Waals surface area contributed by atoms with E-state index >= 15 is 0 Å². The van der Waals surface area contributed by atoms with Crippen molar-refractivity contribution >= 4 is 42.2 Å². The molecule has 0 spiro atoms. The van der Waals surface area contributed by atoms with Gasteiger partial charge < -0.3 is 44.6 Å². The van der Waals surface area contributed by atoms with E-state index in [1.165, 1.54) is 32.9 Å². The van der Waals surface area contributed by atoms with E-state index in [1.807, 2.05) is 0 Å². The Balaban J connectivity index is 2.39. The molecule has 2 atom stereocenters. The van der Waals surface area contributed by atoms with Crippen molar-refractivity contribution in [3.63, 3.8) is 0 Å². The summed E-state index contributed by atoms with van der Waals surface area (Å²) in [5, 5.41) is 12.0. The highest BCUT2D eigenvalue weighted by atomic mass is 16.8. The summed E-state index contributed by atoms with van der Waals surface area (Å²) >= 11 is 0. The van der Waals surface area contributed by atoms with Crippen LogP contribution in [-0.2, 0) is 24.5 Å². The van der Waals surface area contributed by atoms with Gasteiger partial charge in [0.25, 0.3) is 5.91 Å². The lowest BCUT2D eigenvalue weighted by molar-refractivity contribution is -0.137. The van der Waals surface area contributed by atoms with Crippen LogP contribution in [0.1, 0.15) is 26.3 Å². The second-order valence-electron chi connectivity index (χ2n) is 8.69. The molecular weight excluding hydrogens is 588 g/mol. The second kappa shape index (κ2) is 14.1. The number of rotatable bonds is 9. The van der Waals surface area contributed by atoms with Gasteiger partial charge in [-0.05, 0) is 50.6 Å². The lowest BCUT2D eigenvalue weighted by atomic mass is 9.82. The van der Waals surface area contributed by atoms with E-state index in [1.54, 1.807) is 18.2 Å². The van der Waals surface area contributed by atoms with Gasteiger partial charge in [0.05, 0.1) is 19.8 Å². The van der Waals surface area contributed by atoms with Crippen molar-refractivity contribution in [3.05, 3.63) is 48.0 Å². The largest absolute Gasteiger partial charge is 0.514 e. The predicted molar refractivity (Wildman–Crippen MR) is 147 cm³/mol. The van der Waals surface area contributed by atoms with Crippen LogP contribution in [0.5, 0.6) is 17.2 Å². The number of urea groups is 1. The molecule has 1 saturated heterocycles. The van der Waals surface area contributed by atoms with Crippen molar-refractivity contribution in [1.82, 2.24) is 10.2 Å². The highest BCUT2D eigenvalue weighted by Gasteiger charge is 2.58. The number of carbonyl (C=O) groups is 6. The molecule has 4 N–H and O–H groups in total. The van der Waals surface area contributed by atoms with Gasteiger partial charge >= 0.3 is 30.6 Å². The summed E-state index contributed by atoms with van der Waals surface area (Å²) in [5.41, 5.74) is 3.76. The third-order valence-corrected chi connectivity index (χ3v) is 6.03. The first-order valence-electron chi connectivity index (χ1n) is 13.1. The molecular formula is C27H30N4O13. The molecule has 2 unspecified atom stereocenters.